The maximum Gasteiger partial charge on any atom is 0.307 e. The summed E-state index contributed by atoms with van der Waals surface area (Å²) in [6, 6.07) is 8.20. The molecule has 1 unspecified atom stereocenters. The lowest BCUT2D eigenvalue weighted by Crippen LogP contribution is -2.43. The lowest BCUT2D eigenvalue weighted by Gasteiger charge is -2.33. The third kappa shape index (κ3) is 2.48. The zero-order valence-electron chi connectivity index (χ0n) is 13.9. The van der Waals surface area contributed by atoms with Crippen molar-refractivity contribution in [2.45, 2.75) is 44.7 Å². The highest BCUT2D eigenvalue weighted by Gasteiger charge is 2.36. The molecule has 0 saturated heterocycles. The van der Waals surface area contributed by atoms with Gasteiger partial charge >= 0.3 is 5.97 Å². The van der Waals surface area contributed by atoms with Crippen molar-refractivity contribution in [3.05, 3.63) is 35.5 Å². The van der Waals surface area contributed by atoms with E-state index in [1.165, 1.54) is 0 Å². The molecule has 1 aliphatic carbocycles. The molecule has 24 heavy (non-hydrogen) atoms. The molecule has 126 valence electrons. The van der Waals surface area contributed by atoms with Crippen LogP contribution in [0.15, 0.2) is 24.3 Å². The number of hydrogen-bond acceptors (Lipinski definition) is 2. The Balaban J connectivity index is 1.70. The zero-order valence-corrected chi connectivity index (χ0v) is 13.9. The highest BCUT2D eigenvalue weighted by molar-refractivity contribution is 5.89. The Morgan fingerprint density at radius 2 is 2.00 bits per heavy atom. The maximum absolute atomic E-state index is 12.4. The van der Waals surface area contributed by atoms with E-state index >= 15 is 0 Å². The van der Waals surface area contributed by atoms with Crippen LogP contribution >= 0.6 is 0 Å². The van der Waals surface area contributed by atoms with E-state index in [1.807, 2.05) is 30.1 Å². The molecule has 1 saturated carbocycles. The molecule has 1 fully saturated rings. The van der Waals surface area contributed by atoms with E-state index in [-0.39, 0.29) is 24.3 Å². The lowest BCUT2D eigenvalue weighted by atomic mass is 9.99. The minimum absolute atomic E-state index is 0.0599. The third-order valence-electron chi connectivity index (χ3n) is 5.45. The Hall–Kier alpha value is -2.30. The third-order valence-corrected chi connectivity index (χ3v) is 5.45. The van der Waals surface area contributed by atoms with Crippen LogP contribution in [0.3, 0.4) is 0 Å². The van der Waals surface area contributed by atoms with Crippen molar-refractivity contribution in [1.82, 2.24) is 9.47 Å². The number of benzene rings is 1. The second-order valence-electron chi connectivity index (χ2n) is 7.04. The molecule has 1 aromatic carbocycles. The standard InChI is InChI=1S/C19H22N2O3/c1-20(19(24)12-6-7-12)13-8-9-17-15(10-18(22)23)14-4-2-3-5-16(14)21(17)11-13/h2-5,12-13H,6-11H2,1H3,(H,22,23). The first-order valence-electron chi connectivity index (χ1n) is 8.63. The first kappa shape index (κ1) is 15.2. The van der Waals surface area contributed by atoms with Crippen molar-refractivity contribution in [3.63, 3.8) is 0 Å². The molecule has 1 atom stereocenters. The van der Waals surface area contributed by atoms with Crippen molar-refractivity contribution < 1.29 is 14.7 Å². The monoisotopic (exact) mass is 326 g/mol. The molecule has 5 nitrogen and oxygen atoms in total. The Kier molecular flexibility index (Phi) is 3.59. The molecule has 0 radical (unpaired) electrons. The lowest BCUT2D eigenvalue weighted by molar-refractivity contribution is -0.136. The van der Waals surface area contributed by atoms with Crippen LogP contribution in [-0.2, 0) is 29.0 Å². The largest absolute Gasteiger partial charge is 0.481 e. The highest BCUT2D eigenvalue weighted by Crippen LogP contribution is 2.35. The first-order chi connectivity index (χ1) is 11.6. The van der Waals surface area contributed by atoms with Crippen LogP contribution in [0.1, 0.15) is 30.5 Å². The fraction of sp³-hybridized carbons (Fsp3) is 0.474. The average molecular weight is 326 g/mol. The normalized spacial score (nSPS) is 20.0. The number of hydrogen-bond donors (Lipinski definition) is 1. The number of nitrogens with zero attached hydrogens (tertiary/aromatic N) is 2. The molecular weight excluding hydrogens is 304 g/mol. The number of fused-ring (bicyclic) bond motifs is 3. The van der Waals surface area contributed by atoms with Crippen LogP contribution in [0.25, 0.3) is 10.9 Å². The van der Waals surface area contributed by atoms with Crippen LogP contribution in [0.2, 0.25) is 0 Å². The number of aliphatic carboxylic acids is 1. The molecule has 2 heterocycles. The number of carboxylic acid groups (broad SMARTS) is 1. The SMILES string of the molecule is CN(C(=O)C1CC1)C1CCc2c(CC(=O)O)c3ccccc3n2C1. The molecule has 2 aromatic rings. The molecule has 1 aromatic heterocycles. The Labute approximate surface area is 140 Å². The number of para-hydroxylation sites is 1. The summed E-state index contributed by atoms with van der Waals surface area (Å²) in [5.74, 6) is -0.289. The van der Waals surface area contributed by atoms with E-state index in [1.54, 1.807) is 0 Å². The molecule has 0 spiro atoms. The highest BCUT2D eigenvalue weighted by atomic mass is 16.4. The number of likely N-dealkylation sites (N-methyl/N-ethyl adjacent to an activating group) is 1. The van der Waals surface area contributed by atoms with Crippen LogP contribution in [0.5, 0.6) is 0 Å². The van der Waals surface area contributed by atoms with Crippen molar-refractivity contribution in [1.29, 1.82) is 0 Å². The van der Waals surface area contributed by atoms with Gasteiger partial charge in [0.15, 0.2) is 0 Å². The van der Waals surface area contributed by atoms with Gasteiger partial charge in [0.1, 0.15) is 0 Å². The number of carbonyl (C=O) groups excluding carboxylic acids is 1. The molecular formula is C19H22N2O3. The van der Waals surface area contributed by atoms with Crippen molar-refractivity contribution >= 4 is 22.8 Å². The summed E-state index contributed by atoms with van der Waals surface area (Å²) in [6.07, 6.45) is 3.83. The van der Waals surface area contributed by atoms with Gasteiger partial charge in [-0.3, -0.25) is 9.59 Å². The van der Waals surface area contributed by atoms with Crippen LogP contribution in [0.4, 0.5) is 0 Å². The van der Waals surface area contributed by atoms with Crippen molar-refractivity contribution in [2.24, 2.45) is 5.92 Å². The number of carboxylic acids is 1. The number of rotatable bonds is 4. The van der Waals surface area contributed by atoms with Crippen LogP contribution < -0.4 is 0 Å². The predicted molar refractivity (Wildman–Crippen MR) is 90.9 cm³/mol. The van der Waals surface area contributed by atoms with E-state index in [0.29, 0.717) is 0 Å². The van der Waals surface area contributed by atoms with Gasteiger partial charge in [-0.15, -0.1) is 0 Å². The molecule has 2 aliphatic rings. The number of amides is 1. The Bertz CT molecular complexity index is 819. The van der Waals surface area contributed by atoms with Crippen molar-refractivity contribution in [2.75, 3.05) is 7.05 Å². The van der Waals surface area contributed by atoms with E-state index < -0.39 is 5.97 Å². The van der Waals surface area contributed by atoms with Gasteiger partial charge in [-0.1, -0.05) is 18.2 Å². The van der Waals surface area contributed by atoms with Gasteiger partial charge in [-0.2, -0.15) is 0 Å². The minimum atomic E-state index is -0.794. The van der Waals surface area contributed by atoms with Gasteiger partial charge in [0.25, 0.3) is 0 Å². The smallest absolute Gasteiger partial charge is 0.307 e. The summed E-state index contributed by atoms with van der Waals surface area (Å²) in [5, 5.41) is 10.3. The molecule has 4 rings (SSSR count). The van der Waals surface area contributed by atoms with Gasteiger partial charge in [-0.05, 0) is 37.3 Å². The zero-order chi connectivity index (χ0) is 16.8. The number of carbonyl (C=O) groups is 2. The Morgan fingerprint density at radius 3 is 2.71 bits per heavy atom. The number of aromatic nitrogens is 1. The summed E-state index contributed by atoms with van der Waals surface area (Å²) < 4.78 is 2.23. The first-order valence-corrected chi connectivity index (χ1v) is 8.63. The summed E-state index contributed by atoms with van der Waals surface area (Å²) in [6.45, 7) is 0.754. The fourth-order valence-corrected chi connectivity index (χ4v) is 3.99. The van der Waals surface area contributed by atoms with Gasteiger partial charge in [0.05, 0.1) is 6.42 Å². The summed E-state index contributed by atoms with van der Waals surface area (Å²) in [4.78, 5) is 25.6. The van der Waals surface area contributed by atoms with Crippen LogP contribution in [0, 0.1) is 5.92 Å². The molecule has 1 N–H and O–H groups in total. The second kappa shape index (κ2) is 5.65. The maximum atomic E-state index is 12.4. The topological polar surface area (TPSA) is 62.5 Å². The summed E-state index contributed by atoms with van der Waals surface area (Å²) in [5.41, 5.74) is 3.15. The predicted octanol–water partition coefficient (Wildman–Crippen LogP) is 2.45. The van der Waals surface area contributed by atoms with E-state index in [2.05, 4.69) is 10.6 Å². The molecule has 0 bridgehead atoms. The molecule has 1 aliphatic heterocycles. The van der Waals surface area contributed by atoms with Gasteiger partial charge < -0.3 is 14.6 Å². The Morgan fingerprint density at radius 1 is 1.25 bits per heavy atom. The van der Waals surface area contributed by atoms with E-state index in [0.717, 1.165) is 54.4 Å². The summed E-state index contributed by atoms with van der Waals surface area (Å²) >= 11 is 0. The second-order valence-corrected chi connectivity index (χ2v) is 7.04. The minimum Gasteiger partial charge on any atom is -0.481 e. The average Bonchev–Trinajstić information content (AvgIpc) is 3.39. The summed E-state index contributed by atoms with van der Waals surface area (Å²) in [7, 11) is 1.92. The quantitative estimate of drug-likeness (QED) is 0.939. The van der Waals surface area contributed by atoms with Gasteiger partial charge in [0.2, 0.25) is 5.91 Å². The van der Waals surface area contributed by atoms with E-state index in [9.17, 15) is 14.7 Å². The van der Waals surface area contributed by atoms with Crippen LogP contribution in [-0.4, -0.2) is 39.5 Å². The van der Waals surface area contributed by atoms with Gasteiger partial charge in [0, 0.05) is 42.1 Å². The van der Waals surface area contributed by atoms with Crippen molar-refractivity contribution in [3.8, 4) is 0 Å². The fourth-order valence-electron chi connectivity index (χ4n) is 3.99. The molecule has 5 heteroatoms. The van der Waals surface area contributed by atoms with Gasteiger partial charge in [-0.25, -0.2) is 0 Å². The molecule has 1 amide bonds. The van der Waals surface area contributed by atoms with E-state index in [4.69, 9.17) is 0 Å².